The molecular weight excluding hydrogens is 246 g/mol. The van der Waals surface area contributed by atoms with Crippen LogP contribution in [0.1, 0.15) is 17.9 Å². The zero-order valence-corrected chi connectivity index (χ0v) is 9.60. The van der Waals surface area contributed by atoms with E-state index in [1.54, 1.807) is 6.07 Å². The van der Waals surface area contributed by atoms with Crippen molar-refractivity contribution in [2.45, 2.75) is 19.0 Å². The predicted octanol–water partition coefficient (Wildman–Crippen LogP) is 2.48. The number of ether oxygens (including phenoxy) is 2. The minimum absolute atomic E-state index is 0.0685. The molecule has 0 amide bonds. The summed E-state index contributed by atoms with van der Waals surface area (Å²) in [4.78, 5) is 10.8. The van der Waals surface area contributed by atoms with Gasteiger partial charge in [0.15, 0.2) is 11.5 Å². The van der Waals surface area contributed by atoms with E-state index >= 15 is 0 Å². The SMILES string of the molecule is COc1ccc(C2CC2C(=O)O)cc1OC(F)F. The van der Waals surface area contributed by atoms with Gasteiger partial charge in [0.25, 0.3) is 0 Å². The van der Waals surface area contributed by atoms with Crippen molar-refractivity contribution in [2.24, 2.45) is 5.92 Å². The summed E-state index contributed by atoms with van der Waals surface area (Å²) in [5.74, 6) is -1.30. The number of halogens is 2. The highest BCUT2D eigenvalue weighted by molar-refractivity contribution is 5.75. The first kappa shape index (κ1) is 12.6. The number of hydrogen-bond donors (Lipinski definition) is 1. The Balaban J connectivity index is 2.21. The van der Waals surface area contributed by atoms with Gasteiger partial charge in [-0.15, -0.1) is 0 Å². The van der Waals surface area contributed by atoms with Crippen molar-refractivity contribution in [1.82, 2.24) is 0 Å². The van der Waals surface area contributed by atoms with E-state index in [1.807, 2.05) is 0 Å². The van der Waals surface area contributed by atoms with Gasteiger partial charge in [-0.25, -0.2) is 0 Å². The largest absolute Gasteiger partial charge is 0.493 e. The molecule has 6 heteroatoms. The summed E-state index contributed by atoms with van der Waals surface area (Å²) in [6, 6.07) is 4.59. The molecule has 2 atom stereocenters. The van der Waals surface area contributed by atoms with Crippen molar-refractivity contribution in [3.8, 4) is 11.5 Å². The highest BCUT2D eigenvalue weighted by Crippen LogP contribution is 2.49. The summed E-state index contributed by atoms with van der Waals surface area (Å²) in [6.45, 7) is -2.94. The number of carbonyl (C=O) groups is 1. The van der Waals surface area contributed by atoms with Gasteiger partial charge in [0.1, 0.15) is 0 Å². The Kier molecular flexibility index (Phi) is 3.36. The van der Waals surface area contributed by atoms with Crippen LogP contribution in [-0.4, -0.2) is 24.8 Å². The van der Waals surface area contributed by atoms with E-state index in [0.717, 1.165) is 0 Å². The molecule has 0 aliphatic heterocycles. The molecule has 2 rings (SSSR count). The Morgan fingerprint density at radius 3 is 2.67 bits per heavy atom. The minimum Gasteiger partial charge on any atom is -0.493 e. The van der Waals surface area contributed by atoms with Gasteiger partial charge in [-0.1, -0.05) is 6.07 Å². The van der Waals surface area contributed by atoms with Crippen LogP contribution in [0.15, 0.2) is 18.2 Å². The van der Waals surface area contributed by atoms with Crippen LogP contribution in [0.5, 0.6) is 11.5 Å². The molecule has 1 N–H and O–H groups in total. The molecule has 1 aromatic rings. The van der Waals surface area contributed by atoms with Crippen molar-refractivity contribution < 1.29 is 28.2 Å². The molecule has 0 heterocycles. The lowest BCUT2D eigenvalue weighted by Crippen LogP contribution is -2.04. The van der Waals surface area contributed by atoms with Crippen LogP contribution in [0.2, 0.25) is 0 Å². The second kappa shape index (κ2) is 4.80. The summed E-state index contributed by atoms with van der Waals surface area (Å²) in [7, 11) is 1.35. The molecule has 18 heavy (non-hydrogen) atoms. The smallest absolute Gasteiger partial charge is 0.387 e. The monoisotopic (exact) mass is 258 g/mol. The average molecular weight is 258 g/mol. The van der Waals surface area contributed by atoms with Crippen molar-refractivity contribution in [3.05, 3.63) is 23.8 Å². The standard InChI is InChI=1S/C12H12F2O4/c1-17-9-3-2-6(4-10(9)18-12(13)14)7-5-8(7)11(15)16/h2-4,7-8,12H,5H2,1H3,(H,15,16). The molecule has 1 aliphatic carbocycles. The first-order valence-electron chi connectivity index (χ1n) is 5.38. The molecule has 0 saturated heterocycles. The van der Waals surface area contributed by atoms with Crippen molar-refractivity contribution >= 4 is 5.97 Å². The van der Waals surface area contributed by atoms with E-state index in [9.17, 15) is 13.6 Å². The zero-order valence-electron chi connectivity index (χ0n) is 9.60. The Labute approximate surface area is 102 Å². The van der Waals surface area contributed by atoms with Crippen molar-refractivity contribution in [1.29, 1.82) is 0 Å². The molecule has 2 unspecified atom stereocenters. The highest BCUT2D eigenvalue weighted by Gasteiger charge is 2.44. The van der Waals surface area contributed by atoms with Crippen molar-refractivity contribution in [2.75, 3.05) is 7.11 Å². The van der Waals surface area contributed by atoms with Crippen LogP contribution in [0.3, 0.4) is 0 Å². The number of aliphatic carboxylic acids is 1. The molecule has 0 radical (unpaired) electrons. The lowest BCUT2D eigenvalue weighted by molar-refractivity contribution is -0.138. The molecule has 1 aromatic carbocycles. The van der Waals surface area contributed by atoms with Gasteiger partial charge in [-0.3, -0.25) is 4.79 Å². The van der Waals surface area contributed by atoms with E-state index in [-0.39, 0.29) is 17.4 Å². The molecular formula is C12H12F2O4. The summed E-state index contributed by atoms with van der Waals surface area (Å²) in [5.41, 5.74) is 0.679. The van der Waals surface area contributed by atoms with E-state index in [0.29, 0.717) is 12.0 Å². The van der Waals surface area contributed by atoms with Gasteiger partial charge in [0, 0.05) is 0 Å². The number of benzene rings is 1. The van der Waals surface area contributed by atoms with Crippen LogP contribution in [0.4, 0.5) is 8.78 Å². The Morgan fingerprint density at radius 1 is 1.44 bits per heavy atom. The fraction of sp³-hybridized carbons (Fsp3) is 0.417. The third-order valence-electron chi connectivity index (χ3n) is 2.94. The zero-order chi connectivity index (χ0) is 13.3. The lowest BCUT2D eigenvalue weighted by atomic mass is 10.1. The topological polar surface area (TPSA) is 55.8 Å². The number of hydrogen-bond acceptors (Lipinski definition) is 3. The summed E-state index contributed by atoms with van der Waals surface area (Å²) >= 11 is 0. The number of carboxylic acids is 1. The van der Waals surface area contributed by atoms with Crippen LogP contribution < -0.4 is 9.47 Å². The summed E-state index contributed by atoms with van der Waals surface area (Å²) < 4.78 is 33.7. The number of carboxylic acid groups (broad SMARTS) is 1. The molecule has 98 valence electrons. The van der Waals surface area contributed by atoms with Gasteiger partial charge in [0.05, 0.1) is 13.0 Å². The van der Waals surface area contributed by atoms with Crippen LogP contribution in [-0.2, 0) is 4.79 Å². The maximum Gasteiger partial charge on any atom is 0.387 e. The average Bonchev–Trinajstić information content (AvgIpc) is 3.08. The van der Waals surface area contributed by atoms with Gasteiger partial charge in [-0.05, 0) is 30.0 Å². The highest BCUT2D eigenvalue weighted by atomic mass is 19.3. The maximum absolute atomic E-state index is 12.2. The van der Waals surface area contributed by atoms with E-state index in [4.69, 9.17) is 9.84 Å². The first-order valence-corrected chi connectivity index (χ1v) is 5.38. The first-order chi connectivity index (χ1) is 8.52. The van der Waals surface area contributed by atoms with Crippen LogP contribution in [0.25, 0.3) is 0 Å². The minimum atomic E-state index is -2.94. The fourth-order valence-electron chi connectivity index (χ4n) is 1.95. The number of alkyl halides is 2. The molecule has 0 spiro atoms. The molecule has 0 aromatic heterocycles. The Morgan fingerprint density at radius 2 is 2.17 bits per heavy atom. The number of rotatable bonds is 5. The van der Waals surface area contributed by atoms with Gasteiger partial charge in [-0.2, -0.15) is 8.78 Å². The van der Waals surface area contributed by atoms with Gasteiger partial charge < -0.3 is 14.6 Å². The second-order valence-electron chi connectivity index (χ2n) is 4.08. The molecule has 1 fully saturated rings. The summed E-state index contributed by atoms with van der Waals surface area (Å²) in [5, 5.41) is 8.82. The predicted molar refractivity (Wildman–Crippen MR) is 58.1 cm³/mol. The van der Waals surface area contributed by atoms with Crippen LogP contribution in [0, 0.1) is 5.92 Å². The maximum atomic E-state index is 12.2. The molecule has 1 aliphatic rings. The van der Waals surface area contributed by atoms with Gasteiger partial charge >= 0.3 is 12.6 Å². The van der Waals surface area contributed by atoms with E-state index in [1.165, 1.54) is 19.2 Å². The molecule has 4 nitrogen and oxygen atoms in total. The molecule has 1 saturated carbocycles. The number of methoxy groups -OCH3 is 1. The quantitative estimate of drug-likeness (QED) is 0.881. The van der Waals surface area contributed by atoms with E-state index in [2.05, 4.69) is 4.74 Å². The third kappa shape index (κ3) is 2.52. The summed E-state index contributed by atoms with van der Waals surface area (Å²) in [6.07, 6.45) is 0.524. The normalized spacial score (nSPS) is 21.8. The Bertz CT molecular complexity index is 461. The molecule has 0 bridgehead atoms. The fourth-order valence-corrected chi connectivity index (χ4v) is 1.95. The Hall–Kier alpha value is -1.85. The van der Waals surface area contributed by atoms with Crippen LogP contribution >= 0.6 is 0 Å². The third-order valence-corrected chi connectivity index (χ3v) is 2.94. The van der Waals surface area contributed by atoms with Crippen molar-refractivity contribution in [3.63, 3.8) is 0 Å². The lowest BCUT2D eigenvalue weighted by Gasteiger charge is -2.11. The van der Waals surface area contributed by atoms with Gasteiger partial charge in [0.2, 0.25) is 0 Å². The second-order valence-corrected chi connectivity index (χ2v) is 4.08. The van der Waals surface area contributed by atoms with E-state index < -0.39 is 18.5 Å².